The lowest BCUT2D eigenvalue weighted by Gasteiger charge is -2.26. The number of aryl methyl sites for hydroxylation is 3. The fraction of sp³-hybridized carbons (Fsp3) is 0.0909. The summed E-state index contributed by atoms with van der Waals surface area (Å²) in [6, 6.07) is 63.6. The minimum absolute atomic E-state index is 0.864. The first-order valence-electron chi connectivity index (χ1n) is 20.6. The molecule has 4 heteroatoms. The Morgan fingerprint density at radius 2 is 0.746 bits per heavy atom. The lowest BCUT2D eigenvalue weighted by atomic mass is 10.0. The van der Waals surface area contributed by atoms with E-state index < -0.39 is 0 Å². The Balaban J connectivity index is 1.01. The van der Waals surface area contributed by atoms with E-state index in [1.54, 1.807) is 0 Å². The van der Waals surface area contributed by atoms with E-state index in [0.717, 1.165) is 107 Å². The van der Waals surface area contributed by atoms with Crippen LogP contribution in [0.2, 0.25) is 0 Å². The smallest absolute Gasteiger partial charge is 0.142 e. The van der Waals surface area contributed by atoms with E-state index >= 15 is 0 Å². The quantitative estimate of drug-likeness (QED) is 0.154. The maximum absolute atomic E-state index is 6.73. The van der Waals surface area contributed by atoms with Crippen LogP contribution >= 0.6 is 0 Å². The molecule has 0 amide bonds. The van der Waals surface area contributed by atoms with Crippen LogP contribution in [0.1, 0.15) is 30.5 Å². The van der Waals surface area contributed by atoms with Crippen LogP contribution in [0.4, 0.5) is 34.1 Å². The molecule has 0 saturated heterocycles. The fourth-order valence-corrected chi connectivity index (χ4v) is 8.87. The number of hydrogen-bond acceptors (Lipinski definition) is 4. The number of hydrogen-bond donors (Lipinski definition) is 0. The molecule has 0 aliphatic carbocycles. The summed E-state index contributed by atoms with van der Waals surface area (Å²) in [7, 11) is 0. The van der Waals surface area contributed by atoms with Crippen LogP contribution in [0.25, 0.3) is 65.4 Å². The van der Waals surface area contributed by atoms with Gasteiger partial charge in [0.2, 0.25) is 0 Å². The van der Waals surface area contributed by atoms with E-state index in [4.69, 9.17) is 8.83 Å². The number of fused-ring (bicyclic) bond motifs is 8. The average Bonchev–Trinajstić information content (AvgIpc) is 3.83. The zero-order valence-electron chi connectivity index (χ0n) is 33.4. The zero-order chi connectivity index (χ0) is 39.6. The van der Waals surface area contributed by atoms with Crippen molar-refractivity contribution < 1.29 is 8.83 Å². The molecule has 0 saturated carbocycles. The van der Waals surface area contributed by atoms with E-state index in [-0.39, 0.29) is 0 Å². The molecular formula is C55H42N2O2. The van der Waals surface area contributed by atoms with E-state index in [1.807, 2.05) is 0 Å². The van der Waals surface area contributed by atoms with Crippen LogP contribution < -0.4 is 9.80 Å². The van der Waals surface area contributed by atoms with Crippen molar-refractivity contribution in [1.82, 2.24) is 0 Å². The van der Waals surface area contributed by atoms with Crippen LogP contribution in [-0.2, 0) is 12.8 Å². The Hall–Kier alpha value is -7.30. The summed E-state index contributed by atoms with van der Waals surface area (Å²) in [4.78, 5) is 4.64. The van der Waals surface area contributed by atoms with Crippen LogP contribution in [0, 0.1) is 6.92 Å². The maximum Gasteiger partial charge on any atom is 0.142 e. The van der Waals surface area contributed by atoms with Gasteiger partial charge in [-0.1, -0.05) is 86.6 Å². The Morgan fingerprint density at radius 1 is 0.356 bits per heavy atom. The standard InChI is InChI=1S/C55H42N2O2/c1-4-36-16-22-44(23-17-36)56(42-12-8-6-9-13-42)46-26-20-38-30-48-50-34-51-49-31-39-21-27-47(57(43-14-10-7-11-15-43)45-24-18-37(5-2)19-25-45)29-41(39)33-53(49)59-55(51)35(3)54(50)58-52(48)32-40(38)28-46/h6-34H,4-5H2,1-3H3. The molecule has 11 rings (SSSR count). The van der Waals surface area contributed by atoms with Gasteiger partial charge in [-0.15, -0.1) is 0 Å². The highest BCUT2D eigenvalue weighted by atomic mass is 16.3. The third-order valence-corrected chi connectivity index (χ3v) is 12.1. The Kier molecular flexibility index (Phi) is 8.26. The zero-order valence-corrected chi connectivity index (χ0v) is 33.4. The van der Waals surface area contributed by atoms with Crippen LogP contribution in [0.5, 0.6) is 0 Å². The molecular weight excluding hydrogens is 721 g/mol. The Morgan fingerprint density at radius 3 is 1.15 bits per heavy atom. The Bertz CT molecular complexity index is 3120. The summed E-state index contributed by atoms with van der Waals surface area (Å²) in [6.45, 7) is 6.50. The van der Waals surface area contributed by atoms with E-state index in [9.17, 15) is 0 Å². The van der Waals surface area contributed by atoms with Crippen molar-refractivity contribution >= 4 is 99.5 Å². The highest BCUT2D eigenvalue weighted by molar-refractivity contribution is 6.20. The summed E-state index contributed by atoms with van der Waals surface area (Å²) in [5.41, 5.74) is 13.8. The second-order valence-electron chi connectivity index (χ2n) is 15.6. The molecule has 11 aromatic rings. The molecule has 0 aliphatic rings. The molecule has 0 spiro atoms. The number of furan rings is 2. The van der Waals surface area contributed by atoms with Gasteiger partial charge in [0.1, 0.15) is 22.3 Å². The summed E-state index contributed by atoms with van der Waals surface area (Å²) in [6.07, 6.45) is 2.02. The van der Waals surface area contributed by atoms with Gasteiger partial charge in [0.15, 0.2) is 0 Å². The van der Waals surface area contributed by atoms with Gasteiger partial charge in [0.05, 0.1) is 0 Å². The van der Waals surface area contributed by atoms with Crippen molar-refractivity contribution in [2.75, 3.05) is 9.80 Å². The lowest BCUT2D eigenvalue weighted by Crippen LogP contribution is -2.09. The minimum atomic E-state index is 0.864. The van der Waals surface area contributed by atoms with Crippen molar-refractivity contribution in [3.63, 3.8) is 0 Å². The molecule has 4 nitrogen and oxygen atoms in total. The second kappa shape index (κ2) is 14.0. The van der Waals surface area contributed by atoms with Gasteiger partial charge < -0.3 is 18.6 Å². The van der Waals surface area contributed by atoms with Crippen LogP contribution in [0.15, 0.2) is 185 Å². The molecule has 284 valence electrons. The van der Waals surface area contributed by atoms with Gasteiger partial charge in [-0.25, -0.2) is 0 Å². The van der Waals surface area contributed by atoms with Gasteiger partial charge >= 0.3 is 0 Å². The summed E-state index contributed by atoms with van der Waals surface area (Å²) in [5.74, 6) is 0. The lowest BCUT2D eigenvalue weighted by molar-refractivity contribution is 0.651. The molecule has 0 bridgehead atoms. The van der Waals surface area contributed by atoms with Crippen molar-refractivity contribution in [3.8, 4) is 0 Å². The molecule has 0 unspecified atom stereocenters. The SMILES string of the molecule is CCc1ccc(N(c2ccccc2)c2ccc3cc4c(cc3c2)oc2c(C)c3oc5cc6cc(N(c7ccccc7)c7ccc(CC)cc7)ccc6cc5c3cc24)cc1. The molecule has 0 aliphatic heterocycles. The Labute approximate surface area is 343 Å². The largest absolute Gasteiger partial charge is 0.456 e. The first-order valence-corrected chi connectivity index (χ1v) is 20.6. The van der Waals surface area contributed by atoms with Gasteiger partial charge in [-0.05, 0) is 156 Å². The van der Waals surface area contributed by atoms with Crippen molar-refractivity contribution in [1.29, 1.82) is 0 Å². The molecule has 0 radical (unpaired) electrons. The summed E-state index contributed by atoms with van der Waals surface area (Å²) in [5, 5.41) is 9.00. The van der Waals surface area contributed by atoms with Gasteiger partial charge in [-0.3, -0.25) is 0 Å². The number of para-hydroxylation sites is 2. The van der Waals surface area contributed by atoms with Crippen molar-refractivity contribution in [2.45, 2.75) is 33.6 Å². The van der Waals surface area contributed by atoms with E-state index in [0.29, 0.717) is 0 Å². The topological polar surface area (TPSA) is 32.8 Å². The molecule has 2 heterocycles. The van der Waals surface area contributed by atoms with E-state index in [2.05, 4.69) is 206 Å². The second-order valence-corrected chi connectivity index (χ2v) is 15.6. The van der Waals surface area contributed by atoms with Crippen LogP contribution in [0.3, 0.4) is 0 Å². The first kappa shape index (κ1) is 34.9. The number of anilines is 6. The third-order valence-electron chi connectivity index (χ3n) is 12.1. The van der Waals surface area contributed by atoms with Crippen molar-refractivity contribution in [2.24, 2.45) is 0 Å². The average molecular weight is 763 g/mol. The van der Waals surface area contributed by atoms with Crippen molar-refractivity contribution in [3.05, 3.63) is 193 Å². The summed E-state index contributed by atoms with van der Waals surface area (Å²) >= 11 is 0. The predicted molar refractivity (Wildman–Crippen MR) is 249 cm³/mol. The molecule has 0 N–H and O–H groups in total. The summed E-state index contributed by atoms with van der Waals surface area (Å²) < 4.78 is 13.5. The van der Waals surface area contributed by atoms with Gasteiger partial charge in [0, 0.05) is 61.2 Å². The minimum Gasteiger partial charge on any atom is -0.456 e. The molecule has 0 fully saturated rings. The number of nitrogens with zero attached hydrogens (tertiary/aromatic N) is 2. The predicted octanol–water partition coefficient (Wildman–Crippen LogP) is 16.2. The fourth-order valence-electron chi connectivity index (χ4n) is 8.87. The van der Waals surface area contributed by atoms with E-state index in [1.165, 1.54) is 21.9 Å². The number of rotatable bonds is 8. The maximum atomic E-state index is 6.73. The third kappa shape index (κ3) is 5.90. The molecule has 2 aromatic heterocycles. The first-order chi connectivity index (χ1) is 29.0. The molecule has 59 heavy (non-hydrogen) atoms. The highest BCUT2D eigenvalue weighted by Crippen LogP contribution is 2.44. The highest BCUT2D eigenvalue weighted by Gasteiger charge is 2.20. The number of benzene rings is 9. The van der Waals surface area contributed by atoms with Gasteiger partial charge in [-0.2, -0.15) is 0 Å². The normalized spacial score (nSPS) is 11.8. The van der Waals surface area contributed by atoms with Gasteiger partial charge in [0.25, 0.3) is 0 Å². The monoisotopic (exact) mass is 762 g/mol. The van der Waals surface area contributed by atoms with Crippen LogP contribution in [-0.4, -0.2) is 0 Å². The molecule has 0 atom stereocenters. The molecule has 9 aromatic carbocycles.